The van der Waals surface area contributed by atoms with Crippen LogP contribution in [0.15, 0.2) is 23.9 Å². The highest BCUT2D eigenvalue weighted by Crippen LogP contribution is 2.34. The molecule has 0 aromatic heterocycles. The first-order valence-corrected chi connectivity index (χ1v) is 5.76. The number of hydrogen-bond acceptors (Lipinski definition) is 4. The number of benzene rings is 1. The number of methoxy groups -OCH3 is 1. The van der Waals surface area contributed by atoms with Crippen molar-refractivity contribution in [2.24, 2.45) is 0 Å². The molecule has 0 aliphatic carbocycles. The highest BCUT2D eigenvalue weighted by Gasteiger charge is 2.30. The third-order valence-electron chi connectivity index (χ3n) is 2.89. The summed E-state index contributed by atoms with van der Waals surface area (Å²) in [6.07, 6.45) is 0. The van der Waals surface area contributed by atoms with Gasteiger partial charge in [0.15, 0.2) is 5.11 Å². The van der Waals surface area contributed by atoms with Gasteiger partial charge < -0.3 is 20.1 Å². The molecule has 5 nitrogen and oxygen atoms in total. The molecule has 0 saturated heterocycles. The molecule has 1 aromatic carbocycles. The zero-order valence-electron chi connectivity index (χ0n) is 9.57. The number of rotatable bonds is 1. The number of fused-ring (bicyclic) bond motifs is 2. The molecule has 2 N–H and O–H groups in total. The summed E-state index contributed by atoms with van der Waals surface area (Å²) in [4.78, 5) is 11.6. The molecule has 0 saturated carbocycles. The summed E-state index contributed by atoms with van der Waals surface area (Å²) >= 11 is 5.12. The molecule has 0 unspecified atom stereocenters. The van der Waals surface area contributed by atoms with Crippen molar-refractivity contribution in [3.63, 3.8) is 0 Å². The van der Waals surface area contributed by atoms with Crippen LogP contribution in [0.4, 0.5) is 5.69 Å². The second-order valence-electron chi connectivity index (χ2n) is 3.92. The van der Waals surface area contributed by atoms with Crippen LogP contribution in [0, 0.1) is 0 Å². The van der Waals surface area contributed by atoms with Gasteiger partial charge in [-0.25, -0.2) is 4.79 Å². The predicted octanol–water partition coefficient (Wildman–Crippen LogP) is 1.26. The maximum atomic E-state index is 11.6. The number of anilines is 1. The van der Waals surface area contributed by atoms with Crippen LogP contribution in [0.2, 0.25) is 0 Å². The number of hydrogen-bond donors (Lipinski definition) is 2. The monoisotopic (exact) mass is 262 g/mol. The maximum absolute atomic E-state index is 11.6. The molecule has 0 spiro atoms. The van der Waals surface area contributed by atoms with Crippen molar-refractivity contribution < 1.29 is 14.3 Å². The first kappa shape index (κ1) is 11.0. The summed E-state index contributed by atoms with van der Waals surface area (Å²) < 4.78 is 10.2. The number of esters is 1. The number of carbonyl (C=O) groups is 1. The van der Waals surface area contributed by atoms with Gasteiger partial charge in [0.2, 0.25) is 0 Å². The molecule has 1 aromatic rings. The molecule has 2 heterocycles. The number of nitrogens with one attached hydrogen (secondary N) is 2. The Bertz CT molecular complexity index is 595. The first-order valence-electron chi connectivity index (χ1n) is 5.36. The second-order valence-corrected chi connectivity index (χ2v) is 4.33. The van der Waals surface area contributed by atoms with E-state index in [0.717, 1.165) is 22.6 Å². The third-order valence-corrected chi connectivity index (χ3v) is 3.10. The minimum atomic E-state index is -0.377. The van der Waals surface area contributed by atoms with Crippen LogP contribution in [0.25, 0.3) is 5.57 Å². The molecule has 2 aliphatic heterocycles. The predicted molar refractivity (Wildman–Crippen MR) is 70.2 cm³/mol. The number of carbonyl (C=O) groups excluding carboxylic acids is 1. The van der Waals surface area contributed by atoms with E-state index in [1.54, 1.807) is 7.11 Å². The Morgan fingerprint density at radius 1 is 1.39 bits per heavy atom. The van der Waals surface area contributed by atoms with Crippen LogP contribution in [0.3, 0.4) is 0 Å². The van der Waals surface area contributed by atoms with Crippen molar-refractivity contribution in [1.82, 2.24) is 5.32 Å². The fraction of sp³-hybridized carbons (Fsp3) is 0.167. The summed E-state index contributed by atoms with van der Waals surface area (Å²) in [5.74, 6) is 0.344. The van der Waals surface area contributed by atoms with Gasteiger partial charge in [0.1, 0.15) is 18.1 Å². The quantitative estimate of drug-likeness (QED) is 0.587. The highest BCUT2D eigenvalue weighted by atomic mass is 32.1. The van der Waals surface area contributed by atoms with Crippen molar-refractivity contribution in [2.45, 2.75) is 0 Å². The maximum Gasteiger partial charge on any atom is 0.355 e. The summed E-state index contributed by atoms with van der Waals surface area (Å²) in [6, 6.07) is 5.55. The molecule has 3 rings (SSSR count). The molecule has 0 fully saturated rings. The van der Waals surface area contributed by atoms with Gasteiger partial charge in [-0.1, -0.05) is 0 Å². The Morgan fingerprint density at radius 3 is 3.00 bits per heavy atom. The molecular formula is C12H10N2O3S. The first-order chi connectivity index (χ1) is 8.69. The third kappa shape index (κ3) is 1.62. The molecule has 0 radical (unpaired) electrons. The molecule has 0 atom stereocenters. The lowest BCUT2D eigenvalue weighted by atomic mass is 10.0. The van der Waals surface area contributed by atoms with E-state index in [0.29, 0.717) is 10.8 Å². The van der Waals surface area contributed by atoms with Crippen LogP contribution in [-0.2, 0) is 9.53 Å². The highest BCUT2D eigenvalue weighted by molar-refractivity contribution is 7.80. The van der Waals surface area contributed by atoms with Crippen molar-refractivity contribution in [1.29, 1.82) is 0 Å². The van der Waals surface area contributed by atoms with E-state index in [4.69, 9.17) is 21.7 Å². The van der Waals surface area contributed by atoms with E-state index in [1.807, 2.05) is 18.2 Å². The Labute approximate surface area is 109 Å². The van der Waals surface area contributed by atoms with E-state index in [2.05, 4.69) is 10.6 Å². The minimum absolute atomic E-state index is 0.255. The van der Waals surface area contributed by atoms with Gasteiger partial charge in [-0.15, -0.1) is 0 Å². The normalized spacial score (nSPS) is 17.2. The fourth-order valence-electron chi connectivity index (χ4n) is 2.03. The molecule has 18 heavy (non-hydrogen) atoms. The van der Waals surface area contributed by atoms with E-state index in [-0.39, 0.29) is 12.6 Å². The summed E-state index contributed by atoms with van der Waals surface area (Å²) in [6.45, 7) is 0.255. The largest absolute Gasteiger partial charge is 0.497 e. The van der Waals surface area contributed by atoms with Gasteiger partial charge in [0.25, 0.3) is 0 Å². The van der Waals surface area contributed by atoms with Gasteiger partial charge in [-0.2, -0.15) is 0 Å². The van der Waals surface area contributed by atoms with Crippen LogP contribution < -0.4 is 15.4 Å². The Balaban J connectivity index is 2.18. The van der Waals surface area contributed by atoms with Gasteiger partial charge in [0, 0.05) is 17.2 Å². The van der Waals surface area contributed by atoms with Crippen molar-refractivity contribution in [3.05, 3.63) is 29.5 Å². The van der Waals surface area contributed by atoms with Crippen LogP contribution in [0.5, 0.6) is 5.75 Å². The molecule has 0 bridgehead atoms. The van der Waals surface area contributed by atoms with Crippen LogP contribution >= 0.6 is 12.2 Å². The van der Waals surface area contributed by atoms with E-state index < -0.39 is 0 Å². The molecular weight excluding hydrogens is 252 g/mol. The lowest BCUT2D eigenvalue weighted by molar-refractivity contribution is -0.136. The van der Waals surface area contributed by atoms with Gasteiger partial charge in [0.05, 0.1) is 12.8 Å². The summed E-state index contributed by atoms with van der Waals surface area (Å²) in [7, 11) is 1.60. The van der Waals surface area contributed by atoms with E-state index in [9.17, 15) is 4.79 Å². The van der Waals surface area contributed by atoms with E-state index in [1.165, 1.54) is 0 Å². The van der Waals surface area contributed by atoms with Gasteiger partial charge >= 0.3 is 5.97 Å². The summed E-state index contributed by atoms with van der Waals surface area (Å²) in [5, 5.41) is 6.27. The Morgan fingerprint density at radius 2 is 2.22 bits per heavy atom. The average molecular weight is 262 g/mol. The minimum Gasteiger partial charge on any atom is -0.497 e. The van der Waals surface area contributed by atoms with Crippen LogP contribution in [0.1, 0.15) is 5.56 Å². The number of ether oxygens (including phenoxy) is 2. The molecule has 6 heteroatoms. The lowest BCUT2D eigenvalue weighted by Crippen LogP contribution is -2.29. The SMILES string of the molecule is COc1ccc2c(c1)NC(=S)NC1=C2COC1=O. The summed E-state index contributed by atoms with van der Waals surface area (Å²) in [5.41, 5.74) is 2.92. The smallest absolute Gasteiger partial charge is 0.355 e. The van der Waals surface area contributed by atoms with Crippen molar-refractivity contribution in [2.75, 3.05) is 19.0 Å². The van der Waals surface area contributed by atoms with Crippen molar-refractivity contribution in [3.8, 4) is 5.75 Å². The molecule has 92 valence electrons. The topological polar surface area (TPSA) is 59.6 Å². The van der Waals surface area contributed by atoms with E-state index >= 15 is 0 Å². The Kier molecular flexibility index (Phi) is 2.45. The van der Waals surface area contributed by atoms with Crippen molar-refractivity contribution >= 4 is 34.6 Å². The zero-order valence-corrected chi connectivity index (χ0v) is 10.4. The van der Waals surface area contributed by atoms with Gasteiger partial charge in [-0.3, -0.25) is 0 Å². The average Bonchev–Trinajstić information content (AvgIpc) is 2.64. The van der Waals surface area contributed by atoms with Gasteiger partial charge in [-0.05, 0) is 24.4 Å². The number of cyclic esters (lactones) is 1. The van der Waals surface area contributed by atoms with Crippen LogP contribution in [-0.4, -0.2) is 24.8 Å². The fourth-order valence-corrected chi connectivity index (χ4v) is 2.24. The standard InChI is InChI=1S/C12H10N2O3S/c1-16-6-2-3-7-8-5-17-11(15)10(8)14-12(18)13-9(7)4-6/h2-4H,5H2,1H3,(H2,13,14,18). The second kappa shape index (κ2) is 3.99. The lowest BCUT2D eigenvalue weighted by Gasteiger charge is -2.11. The number of thiocarbonyl (C=S) groups is 1. The molecule has 2 aliphatic rings. The molecule has 0 amide bonds. The Hall–Kier alpha value is -2.08. The zero-order chi connectivity index (χ0) is 12.7.